The van der Waals surface area contributed by atoms with Gasteiger partial charge in [0, 0.05) is 23.1 Å². The van der Waals surface area contributed by atoms with Gasteiger partial charge < -0.3 is 9.67 Å². The van der Waals surface area contributed by atoms with Gasteiger partial charge in [0.15, 0.2) is 0 Å². The van der Waals surface area contributed by atoms with Gasteiger partial charge >= 0.3 is 5.97 Å². The van der Waals surface area contributed by atoms with Crippen molar-refractivity contribution in [3.05, 3.63) is 71.5 Å². The molecule has 3 heteroatoms. The number of benzene rings is 1. The van der Waals surface area contributed by atoms with Crippen LogP contribution >= 0.6 is 0 Å². The number of nitrogens with zero attached hydrogens (tertiary/aromatic N) is 1. The molecule has 2 rings (SSSR count). The fraction of sp³-hybridized carbons (Fsp3) is 0.483. The zero-order valence-electron chi connectivity index (χ0n) is 20.3. The van der Waals surface area contributed by atoms with Gasteiger partial charge in [0.1, 0.15) is 0 Å². The first kappa shape index (κ1) is 25.7. The number of carboxylic acids is 1. The smallest absolute Gasteiger partial charge is 0.307 e. The first-order valence-corrected chi connectivity index (χ1v) is 12.2. The Morgan fingerprint density at radius 1 is 1.06 bits per heavy atom. The van der Waals surface area contributed by atoms with E-state index in [1.54, 1.807) is 0 Å². The molecule has 0 aliphatic heterocycles. The van der Waals surface area contributed by atoms with Gasteiger partial charge in [-0.15, -0.1) is 0 Å². The fourth-order valence-electron chi connectivity index (χ4n) is 4.27. The predicted octanol–water partition coefficient (Wildman–Crippen LogP) is 8.17. The number of unbranched alkanes of at least 4 members (excludes halogenated alkanes) is 7. The number of carbonyl (C=O) groups is 1. The number of hydrogen-bond acceptors (Lipinski definition) is 1. The van der Waals surface area contributed by atoms with Gasteiger partial charge in [0.25, 0.3) is 0 Å². The highest BCUT2D eigenvalue weighted by Crippen LogP contribution is 2.25. The van der Waals surface area contributed by atoms with Crippen LogP contribution in [0.15, 0.2) is 60.2 Å². The van der Waals surface area contributed by atoms with Crippen molar-refractivity contribution in [1.82, 2.24) is 4.57 Å². The predicted molar refractivity (Wildman–Crippen MR) is 137 cm³/mol. The summed E-state index contributed by atoms with van der Waals surface area (Å²) in [4.78, 5) is 11.2. The Labute approximate surface area is 194 Å². The third kappa shape index (κ3) is 8.18. The van der Waals surface area contributed by atoms with Crippen LogP contribution in [0, 0.1) is 6.92 Å². The maximum absolute atomic E-state index is 11.2. The number of aromatic nitrogens is 1. The van der Waals surface area contributed by atoms with Crippen molar-refractivity contribution in [2.45, 2.75) is 91.5 Å². The molecule has 0 bridgehead atoms. The first-order chi connectivity index (χ1) is 15.5. The highest BCUT2D eigenvalue weighted by Gasteiger charge is 2.11. The van der Waals surface area contributed by atoms with Crippen molar-refractivity contribution in [2.24, 2.45) is 0 Å². The maximum atomic E-state index is 11.2. The quantitative estimate of drug-likeness (QED) is 0.226. The van der Waals surface area contributed by atoms with E-state index < -0.39 is 5.97 Å². The summed E-state index contributed by atoms with van der Waals surface area (Å²) in [6, 6.07) is 8.05. The lowest BCUT2D eigenvalue weighted by molar-refractivity contribution is -0.136. The normalized spacial score (nSPS) is 12.5. The van der Waals surface area contributed by atoms with Crippen LogP contribution in [0.1, 0.15) is 82.9 Å². The van der Waals surface area contributed by atoms with Gasteiger partial charge in [0.2, 0.25) is 0 Å². The molecule has 0 atom stereocenters. The van der Waals surface area contributed by atoms with Crippen molar-refractivity contribution >= 4 is 16.9 Å². The van der Waals surface area contributed by atoms with E-state index in [4.69, 9.17) is 0 Å². The molecule has 0 aliphatic carbocycles. The summed E-state index contributed by atoms with van der Waals surface area (Å²) in [6.45, 7) is 11.3. The largest absolute Gasteiger partial charge is 0.481 e. The summed E-state index contributed by atoms with van der Waals surface area (Å²) in [5.74, 6) is -0.794. The Hall–Kier alpha value is -2.55. The van der Waals surface area contributed by atoms with Crippen molar-refractivity contribution in [3.63, 3.8) is 0 Å². The molecule has 174 valence electrons. The summed E-state index contributed by atoms with van der Waals surface area (Å²) in [5, 5.41) is 10.2. The van der Waals surface area contributed by atoms with E-state index >= 15 is 0 Å². The van der Waals surface area contributed by atoms with Crippen molar-refractivity contribution in [2.75, 3.05) is 0 Å². The summed E-state index contributed by atoms with van der Waals surface area (Å²) < 4.78 is 2.27. The molecule has 0 amide bonds. The molecule has 0 saturated carbocycles. The van der Waals surface area contributed by atoms with Crippen LogP contribution in [0.2, 0.25) is 0 Å². The molecule has 0 aliphatic rings. The summed E-state index contributed by atoms with van der Waals surface area (Å²) in [5.41, 5.74) is 5.69. The molecule has 1 aromatic carbocycles. The fourth-order valence-corrected chi connectivity index (χ4v) is 4.27. The van der Waals surface area contributed by atoms with Crippen LogP contribution < -0.4 is 0 Å². The molecule has 2 aromatic rings. The van der Waals surface area contributed by atoms with E-state index in [-0.39, 0.29) is 6.42 Å². The second-order valence-electron chi connectivity index (χ2n) is 8.98. The molecule has 0 unspecified atom stereocenters. The molecule has 1 N–H and O–H groups in total. The minimum Gasteiger partial charge on any atom is -0.481 e. The number of fused-ring (bicyclic) bond motifs is 1. The monoisotopic (exact) mass is 435 g/mol. The highest BCUT2D eigenvalue weighted by atomic mass is 16.4. The van der Waals surface area contributed by atoms with Crippen LogP contribution in [-0.2, 0) is 17.8 Å². The van der Waals surface area contributed by atoms with Crippen LogP contribution in [0.3, 0.4) is 0 Å². The van der Waals surface area contributed by atoms with E-state index in [2.05, 4.69) is 56.2 Å². The van der Waals surface area contributed by atoms with E-state index in [1.165, 1.54) is 62.5 Å². The minimum atomic E-state index is -0.794. The number of allylic oxidation sites excluding steroid dienone is 5. The Bertz CT molecular complexity index is 945. The number of aliphatic carboxylic acids is 1. The lowest BCUT2D eigenvalue weighted by atomic mass is 10.0. The average Bonchev–Trinajstić information content (AvgIpc) is 3.08. The van der Waals surface area contributed by atoms with E-state index in [0.717, 1.165) is 35.1 Å². The summed E-state index contributed by atoms with van der Waals surface area (Å²) in [6.07, 6.45) is 18.2. The van der Waals surface area contributed by atoms with Crippen LogP contribution in [0.4, 0.5) is 0 Å². The Kier molecular flexibility index (Phi) is 11.1. The first-order valence-electron chi connectivity index (χ1n) is 12.2. The number of aryl methyl sites for hydroxylation is 1. The molecular weight excluding hydrogens is 394 g/mol. The Morgan fingerprint density at radius 2 is 1.75 bits per heavy atom. The maximum Gasteiger partial charge on any atom is 0.307 e. The molecule has 0 radical (unpaired) electrons. The molecule has 1 aromatic heterocycles. The zero-order chi connectivity index (χ0) is 23.3. The molecule has 32 heavy (non-hydrogen) atoms. The topological polar surface area (TPSA) is 42.2 Å². The van der Waals surface area contributed by atoms with E-state index in [9.17, 15) is 9.90 Å². The van der Waals surface area contributed by atoms with Gasteiger partial charge in [-0.2, -0.15) is 0 Å². The minimum absolute atomic E-state index is 0.0553. The molecule has 0 fully saturated rings. The molecular formula is C29H41NO2. The standard InChI is InChI=1S/C29H41NO2/c1-5-7-8-9-10-11-12-13-15-25(6-2)19-18-23(3)22-30-24(4)20-27-26(21-29(31)32)16-14-17-28(27)30/h6,14,16-20H,2,5,7-13,15,21-22H2,1,3-4H3,(H,31,32)/b23-18+,25-19+. The number of rotatable bonds is 15. The number of carboxylic acid groups (broad SMARTS) is 1. The second-order valence-corrected chi connectivity index (χ2v) is 8.98. The van der Waals surface area contributed by atoms with Gasteiger partial charge in [-0.1, -0.05) is 94.4 Å². The van der Waals surface area contributed by atoms with Crippen molar-refractivity contribution in [1.29, 1.82) is 0 Å². The van der Waals surface area contributed by atoms with E-state index in [0.29, 0.717) is 0 Å². The Balaban J connectivity index is 1.95. The third-order valence-corrected chi connectivity index (χ3v) is 6.16. The SMILES string of the molecule is C=C/C(=C\C=C(/C)Cn1c(C)cc2c(CC(=O)O)cccc21)CCCCCCCCCC. The van der Waals surface area contributed by atoms with Gasteiger partial charge in [-0.05, 0) is 50.0 Å². The second kappa shape index (κ2) is 13.8. The molecule has 1 heterocycles. The average molecular weight is 436 g/mol. The van der Waals surface area contributed by atoms with Crippen LogP contribution in [0.25, 0.3) is 10.9 Å². The summed E-state index contributed by atoms with van der Waals surface area (Å²) >= 11 is 0. The van der Waals surface area contributed by atoms with Crippen LogP contribution in [0.5, 0.6) is 0 Å². The van der Waals surface area contributed by atoms with Crippen LogP contribution in [-0.4, -0.2) is 15.6 Å². The lowest BCUT2D eigenvalue weighted by Gasteiger charge is -2.09. The van der Waals surface area contributed by atoms with Gasteiger partial charge in [0.05, 0.1) is 6.42 Å². The summed E-state index contributed by atoms with van der Waals surface area (Å²) in [7, 11) is 0. The van der Waals surface area contributed by atoms with E-state index in [1.807, 2.05) is 18.2 Å². The lowest BCUT2D eigenvalue weighted by Crippen LogP contribution is -2.02. The molecule has 3 nitrogen and oxygen atoms in total. The van der Waals surface area contributed by atoms with Gasteiger partial charge in [-0.25, -0.2) is 0 Å². The Morgan fingerprint density at radius 3 is 2.41 bits per heavy atom. The van der Waals surface area contributed by atoms with Gasteiger partial charge in [-0.3, -0.25) is 4.79 Å². The highest BCUT2D eigenvalue weighted by molar-refractivity contribution is 5.88. The van der Waals surface area contributed by atoms with Crippen molar-refractivity contribution in [3.8, 4) is 0 Å². The molecule has 0 saturated heterocycles. The zero-order valence-corrected chi connectivity index (χ0v) is 20.3. The number of hydrogen-bond donors (Lipinski definition) is 1. The molecule has 0 spiro atoms. The third-order valence-electron chi connectivity index (χ3n) is 6.16. The van der Waals surface area contributed by atoms with Crippen molar-refractivity contribution < 1.29 is 9.90 Å².